The molecule has 0 saturated carbocycles. The molecule has 2 heteroatoms. The van der Waals surface area contributed by atoms with Crippen LogP contribution in [0.25, 0.3) is 0 Å². The zero-order valence-electron chi connectivity index (χ0n) is 5.79. The van der Waals surface area contributed by atoms with Gasteiger partial charge in [-0.3, -0.25) is 0 Å². The van der Waals surface area contributed by atoms with E-state index in [-0.39, 0.29) is 6.10 Å². The molecule has 1 atom stereocenters. The molecule has 0 N–H and O–H groups in total. The number of hydrogen-bond acceptors (Lipinski definition) is 2. The molecule has 0 radical (unpaired) electrons. The van der Waals surface area contributed by atoms with Crippen LogP contribution in [0.4, 0.5) is 0 Å². The van der Waals surface area contributed by atoms with Crippen LogP contribution in [0.5, 0.6) is 0 Å². The smallest absolute Gasteiger partial charge is 0.286 e. The van der Waals surface area contributed by atoms with Crippen molar-refractivity contribution in [2.24, 2.45) is 0 Å². The molecule has 0 unspecified atom stereocenters. The van der Waals surface area contributed by atoms with Crippen LogP contribution in [-0.4, -0.2) is 6.10 Å². The van der Waals surface area contributed by atoms with Gasteiger partial charge in [0.05, 0.1) is 0 Å². The lowest BCUT2D eigenvalue weighted by molar-refractivity contribution is 0.223. The summed E-state index contributed by atoms with van der Waals surface area (Å²) in [6, 6.07) is 0. The van der Waals surface area contributed by atoms with Crippen LogP contribution in [0.15, 0.2) is 12.2 Å². The van der Waals surface area contributed by atoms with Gasteiger partial charge in [0.1, 0.15) is 6.10 Å². The van der Waals surface area contributed by atoms with Crippen LogP contribution in [0, 0.1) is 11.5 Å². The highest BCUT2D eigenvalue weighted by Gasteiger charge is 1.90. The standard InChI is InChI=1S/C7H11NO/c1-3-4-5-7(2)9-6-8/h4-5,7H,3H2,1-2H3/b5-4+/t7-/m0/s1. The van der Waals surface area contributed by atoms with Crippen LogP contribution >= 0.6 is 0 Å². The van der Waals surface area contributed by atoms with E-state index in [1.165, 1.54) is 0 Å². The van der Waals surface area contributed by atoms with E-state index in [0.29, 0.717) is 0 Å². The molecule has 0 saturated heterocycles. The molecule has 0 aromatic heterocycles. The zero-order chi connectivity index (χ0) is 7.11. The van der Waals surface area contributed by atoms with Crippen molar-refractivity contribution in [1.82, 2.24) is 0 Å². The van der Waals surface area contributed by atoms with E-state index in [4.69, 9.17) is 5.26 Å². The summed E-state index contributed by atoms with van der Waals surface area (Å²) in [5.41, 5.74) is 0. The Morgan fingerprint density at radius 1 is 1.78 bits per heavy atom. The molecule has 0 spiro atoms. The number of ether oxygens (including phenoxy) is 1. The Balaban J connectivity index is 3.39. The molecular formula is C7H11NO. The SMILES string of the molecule is CC/C=C/[C@H](C)OC#N. The predicted molar refractivity (Wildman–Crippen MR) is 35.6 cm³/mol. The quantitative estimate of drug-likeness (QED) is 0.426. The van der Waals surface area contributed by atoms with Gasteiger partial charge in [-0.1, -0.05) is 13.0 Å². The lowest BCUT2D eigenvalue weighted by Gasteiger charge is -1.98. The number of rotatable bonds is 3. The molecule has 0 heterocycles. The van der Waals surface area contributed by atoms with Crippen LogP contribution in [0.3, 0.4) is 0 Å². The fraction of sp³-hybridized carbons (Fsp3) is 0.571. The second kappa shape index (κ2) is 5.17. The minimum atomic E-state index is -0.0741. The average molecular weight is 125 g/mol. The van der Waals surface area contributed by atoms with Crippen molar-refractivity contribution in [3.8, 4) is 6.26 Å². The Kier molecular flexibility index (Phi) is 4.61. The molecule has 0 aliphatic heterocycles. The Labute approximate surface area is 55.7 Å². The van der Waals surface area contributed by atoms with E-state index in [0.717, 1.165) is 6.42 Å². The fourth-order valence-corrected chi connectivity index (χ4v) is 0.450. The summed E-state index contributed by atoms with van der Waals surface area (Å²) in [4.78, 5) is 0. The van der Waals surface area contributed by atoms with Gasteiger partial charge in [0.2, 0.25) is 0 Å². The van der Waals surface area contributed by atoms with Crippen molar-refractivity contribution in [2.75, 3.05) is 0 Å². The molecule has 0 amide bonds. The van der Waals surface area contributed by atoms with Gasteiger partial charge in [-0.2, -0.15) is 5.26 Å². The van der Waals surface area contributed by atoms with Crippen LogP contribution < -0.4 is 0 Å². The molecule has 0 aromatic carbocycles. The lowest BCUT2D eigenvalue weighted by atomic mass is 10.3. The first-order chi connectivity index (χ1) is 4.31. The third-order valence-corrected chi connectivity index (χ3v) is 0.881. The molecule has 2 nitrogen and oxygen atoms in total. The van der Waals surface area contributed by atoms with Gasteiger partial charge in [-0.25, -0.2) is 0 Å². The summed E-state index contributed by atoms with van der Waals surface area (Å²) in [6.07, 6.45) is 6.37. The van der Waals surface area contributed by atoms with Gasteiger partial charge in [0, 0.05) is 0 Å². The highest BCUT2D eigenvalue weighted by atomic mass is 16.5. The Morgan fingerprint density at radius 3 is 2.89 bits per heavy atom. The number of hydrogen-bond donors (Lipinski definition) is 0. The van der Waals surface area contributed by atoms with E-state index in [2.05, 4.69) is 4.74 Å². The van der Waals surface area contributed by atoms with E-state index in [1.807, 2.05) is 26.0 Å². The third-order valence-electron chi connectivity index (χ3n) is 0.881. The summed E-state index contributed by atoms with van der Waals surface area (Å²) in [7, 11) is 0. The largest absolute Gasteiger partial charge is 0.420 e. The molecular weight excluding hydrogens is 114 g/mol. The van der Waals surface area contributed by atoms with Gasteiger partial charge in [-0.15, -0.1) is 0 Å². The second-order valence-corrected chi connectivity index (χ2v) is 1.75. The molecule has 9 heavy (non-hydrogen) atoms. The Morgan fingerprint density at radius 2 is 2.44 bits per heavy atom. The van der Waals surface area contributed by atoms with Crippen molar-refractivity contribution >= 4 is 0 Å². The lowest BCUT2D eigenvalue weighted by Crippen LogP contribution is -1.97. The van der Waals surface area contributed by atoms with Gasteiger partial charge in [-0.05, 0) is 19.4 Å². The van der Waals surface area contributed by atoms with E-state index >= 15 is 0 Å². The summed E-state index contributed by atoms with van der Waals surface area (Å²) < 4.78 is 4.56. The highest BCUT2D eigenvalue weighted by molar-refractivity contribution is 4.87. The van der Waals surface area contributed by atoms with Crippen molar-refractivity contribution < 1.29 is 4.74 Å². The summed E-state index contributed by atoms with van der Waals surface area (Å²) in [5, 5.41) is 8.03. The zero-order valence-corrected chi connectivity index (χ0v) is 5.79. The second-order valence-electron chi connectivity index (χ2n) is 1.75. The maximum absolute atomic E-state index is 8.03. The van der Waals surface area contributed by atoms with Crippen molar-refractivity contribution in [3.63, 3.8) is 0 Å². The number of nitrogens with zero attached hydrogens (tertiary/aromatic N) is 1. The first kappa shape index (κ1) is 8.03. The minimum Gasteiger partial charge on any atom is -0.420 e. The molecule has 50 valence electrons. The first-order valence-corrected chi connectivity index (χ1v) is 3.02. The Bertz CT molecular complexity index is 123. The average Bonchev–Trinajstić information content (AvgIpc) is 1.85. The van der Waals surface area contributed by atoms with E-state index in [1.54, 1.807) is 6.26 Å². The fourth-order valence-electron chi connectivity index (χ4n) is 0.450. The summed E-state index contributed by atoms with van der Waals surface area (Å²) >= 11 is 0. The minimum absolute atomic E-state index is 0.0741. The maximum atomic E-state index is 8.03. The third kappa shape index (κ3) is 4.89. The van der Waals surface area contributed by atoms with Gasteiger partial charge in [0.25, 0.3) is 6.26 Å². The van der Waals surface area contributed by atoms with E-state index < -0.39 is 0 Å². The van der Waals surface area contributed by atoms with Crippen molar-refractivity contribution in [3.05, 3.63) is 12.2 Å². The molecule has 0 aliphatic rings. The topological polar surface area (TPSA) is 33.0 Å². The molecule has 0 bridgehead atoms. The van der Waals surface area contributed by atoms with E-state index in [9.17, 15) is 0 Å². The monoisotopic (exact) mass is 125 g/mol. The molecule has 0 fully saturated rings. The van der Waals surface area contributed by atoms with Crippen LogP contribution in [-0.2, 0) is 4.74 Å². The molecule has 0 aliphatic carbocycles. The van der Waals surface area contributed by atoms with Gasteiger partial charge < -0.3 is 4.74 Å². The normalized spacial score (nSPS) is 13.0. The first-order valence-electron chi connectivity index (χ1n) is 3.02. The number of nitriles is 1. The van der Waals surface area contributed by atoms with Gasteiger partial charge in [0.15, 0.2) is 0 Å². The summed E-state index contributed by atoms with van der Waals surface area (Å²) in [5.74, 6) is 0. The maximum Gasteiger partial charge on any atom is 0.286 e. The Hall–Kier alpha value is -0.970. The van der Waals surface area contributed by atoms with Crippen LogP contribution in [0.2, 0.25) is 0 Å². The highest BCUT2D eigenvalue weighted by Crippen LogP contribution is 1.91. The van der Waals surface area contributed by atoms with Gasteiger partial charge >= 0.3 is 0 Å². The van der Waals surface area contributed by atoms with Crippen molar-refractivity contribution in [2.45, 2.75) is 26.4 Å². The van der Waals surface area contributed by atoms with Crippen LogP contribution in [0.1, 0.15) is 20.3 Å². The van der Waals surface area contributed by atoms with Crippen molar-refractivity contribution in [1.29, 1.82) is 5.26 Å². The summed E-state index contributed by atoms with van der Waals surface area (Å²) in [6.45, 7) is 3.87. The number of allylic oxidation sites excluding steroid dienone is 1. The molecule has 0 aromatic rings. The molecule has 0 rings (SSSR count). The predicted octanol–water partition coefficient (Wildman–Crippen LogP) is 1.84.